The molecule has 0 saturated carbocycles. The van der Waals surface area contributed by atoms with Crippen molar-refractivity contribution >= 4 is 56.5 Å². The van der Waals surface area contributed by atoms with Gasteiger partial charge in [-0.1, -0.05) is 23.2 Å². The Morgan fingerprint density at radius 1 is 1.29 bits per heavy atom. The molecule has 1 aromatic carbocycles. The number of halogens is 3. The molecule has 10 heteroatoms. The highest BCUT2D eigenvalue weighted by Crippen LogP contribution is 2.33. The van der Waals surface area contributed by atoms with Gasteiger partial charge in [-0.15, -0.1) is 0 Å². The molecule has 0 fully saturated rings. The van der Waals surface area contributed by atoms with Gasteiger partial charge >= 0.3 is 0 Å². The second kappa shape index (κ2) is 6.33. The molecule has 0 aliphatic rings. The van der Waals surface area contributed by atoms with Gasteiger partial charge in [0.15, 0.2) is 5.82 Å². The van der Waals surface area contributed by atoms with Crippen LogP contribution in [-0.4, -0.2) is 20.8 Å². The number of anilines is 1. The summed E-state index contributed by atoms with van der Waals surface area (Å²) < 4.78 is 0.505. The van der Waals surface area contributed by atoms with Crippen molar-refractivity contribution in [2.24, 2.45) is 0 Å². The number of benzene rings is 1. The lowest BCUT2D eigenvalue weighted by Gasteiger charge is -2.06. The fraction of sp³-hybridized carbons (Fsp3) is 0. The molecule has 108 valence electrons. The molecule has 0 saturated heterocycles. The van der Waals surface area contributed by atoms with Gasteiger partial charge in [0.2, 0.25) is 0 Å². The van der Waals surface area contributed by atoms with E-state index in [1.807, 2.05) is 0 Å². The Balaban J connectivity index is 2.31. The quantitative estimate of drug-likeness (QED) is 0.635. The first-order chi connectivity index (χ1) is 9.88. The zero-order valence-electron chi connectivity index (χ0n) is 10.0. The Kier molecular flexibility index (Phi) is 4.71. The number of rotatable bonds is 3. The number of aromatic nitrogens is 2. The van der Waals surface area contributed by atoms with Crippen LogP contribution in [0.1, 0.15) is 10.4 Å². The van der Waals surface area contributed by atoms with E-state index >= 15 is 0 Å². The van der Waals surface area contributed by atoms with Gasteiger partial charge < -0.3 is 5.32 Å². The summed E-state index contributed by atoms with van der Waals surface area (Å²) in [6, 6.07) is 2.27. The van der Waals surface area contributed by atoms with E-state index in [9.17, 15) is 14.9 Å². The molecular weight excluding hydrogens is 387 g/mol. The lowest BCUT2D eigenvalue weighted by Crippen LogP contribution is -2.13. The van der Waals surface area contributed by atoms with Gasteiger partial charge in [-0.2, -0.15) is 0 Å². The molecule has 2 rings (SSSR count). The van der Waals surface area contributed by atoms with E-state index in [-0.39, 0.29) is 21.4 Å². The van der Waals surface area contributed by atoms with Crippen molar-refractivity contribution in [3.05, 3.63) is 54.9 Å². The van der Waals surface area contributed by atoms with Crippen LogP contribution in [-0.2, 0) is 0 Å². The zero-order valence-corrected chi connectivity index (χ0v) is 13.1. The van der Waals surface area contributed by atoms with Crippen LogP contribution in [0.4, 0.5) is 11.5 Å². The summed E-state index contributed by atoms with van der Waals surface area (Å²) in [4.78, 5) is 29.9. The molecule has 0 atom stereocenters. The van der Waals surface area contributed by atoms with Crippen molar-refractivity contribution in [1.82, 2.24) is 9.97 Å². The normalized spacial score (nSPS) is 10.2. The third kappa shape index (κ3) is 3.66. The van der Waals surface area contributed by atoms with Gasteiger partial charge in [0.1, 0.15) is 9.63 Å². The summed E-state index contributed by atoms with van der Waals surface area (Å²) in [5.74, 6) is -0.426. The van der Waals surface area contributed by atoms with Crippen molar-refractivity contribution in [3.63, 3.8) is 0 Å². The number of hydrogen-bond acceptors (Lipinski definition) is 5. The van der Waals surface area contributed by atoms with E-state index in [1.54, 1.807) is 0 Å². The van der Waals surface area contributed by atoms with E-state index in [4.69, 9.17) is 23.2 Å². The van der Waals surface area contributed by atoms with Crippen LogP contribution in [0.3, 0.4) is 0 Å². The molecule has 0 spiro atoms. The molecule has 1 N–H and O–H groups in total. The zero-order chi connectivity index (χ0) is 15.6. The summed E-state index contributed by atoms with van der Waals surface area (Å²) in [7, 11) is 0. The maximum atomic E-state index is 12.0. The monoisotopic (exact) mass is 390 g/mol. The summed E-state index contributed by atoms with van der Waals surface area (Å²) in [6.07, 6.45) is 2.72. The molecule has 0 radical (unpaired) electrons. The molecule has 0 aliphatic heterocycles. The Hall–Kier alpha value is -1.77. The van der Waals surface area contributed by atoms with Crippen LogP contribution in [0.25, 0.3) is 0 Å². The Labute approximate surface area is 136 Å². The maximum absolute atomic E-state index is 12.0. The summed E-state index contributed by atoms with van der Waals surface area (Å²) in [6.45, 7) is 0. The van der Waals surface area contributed by atoms with Crippen LogP contribution in [0.15, 0.2) is 29.1 Å². The smallest absolute Gasteiger partial charge is 0.290 e. The SMILES string of the molecule is O=C(Nc1cnc(Br)cn1)c1cc(Cl)c(Cl)c([N+](=O)[O-])c1. The number of nitro groups is 1. The van der Waals surface area contributed by atoms with E-state index in [0.29, 0.717) is 4.60 Å². The Bertz CT molecular complexity index is 724. The highest BCUT2D eigenvalue weighted by Gasteiger charge is 2.20. The van der Waals surface area contributed by atoms with Crippen molar-refractivity contribution in [2.45, 2.75) is 0 Å². The van der Waals surface area contributed by atoms with Gasteiger partial charge in [0, 0.05) is 11.6 Å². The van der Waals surface area contributed by atoms with Gasteiger partial charge in [0.05, 0.1) is 22.3 Å². The second-order valence-corrected chi connectivity index (χ2v) is 5.32. The number of nitrogens with zero attached hydrogens (tertiary/aromatic N) is 3. The number of carbonyl (C=O) groups is 1. The molecule has 1 amide bonds. The first kappa shape index (κ1) is 15.6. The largest absolute Gasteiger partial charge is 0.305 e. The van der Waals surface area contributed by atoms with Gasteiger partial charge in [0.25, 0.3) is 11.6 Å². The van der Waals surface area contributed by atoms with E-state index in [1.165, 1.54) is 18.5 Å². The van der Waals surface area contributed by atoms with E-state index < -0.39 is 16.5 Å². The molecule has 1 aromatic heterocycles. The van der Waals surface area contributed by atoms with Crippen molar-refractivity contribution in [1.29, 1.82) is 0 Å². The average Bonchev–Trinajstić information content (AvgIpc) is 2.43. The second-order valence-electron chi connectivity index (χ2n) is 3.73. The minimum atomic E-state index is -0.718. The van der Waals surface area contributed by atoms with Crippen LogP contribution < -0.4 is 5.32 Å². The number of hydrogen-bond donors (Lipinski definition) is 1. The van der Waals surface area contributed by atoms with Gasteiger partial charge in [-0.05, 0) is 22.0 Å². The van der Waals surface area contributed by atoms with Crippen molar-refractivity contribution in [3.8, 4) is 0 Å². The van der Waals surface area contributed by atoms with E-state index in [0.717, 1.165) is 6.07 Å². The number of amides is 1. The fourth-order valence-corrected chi connectivity index (χ4v) is 2.00. The molecular formula is C11H5BrCl2N4O3. The molecule has 1 heterocycles. The molecule has 0 aliphatic carbocycles. The van der Waals surface area contributed by atoms with Crippen molar-refractivity contribution < 1.29 is 9.72 Å². The first-order valence-electron chi connectivity index (χ1n) is 5.31. The first-order valence-corrected chi connectivity index (χ1v) is 6.85. The predicted octanol–water partition coefficient (Wildman–Crippen LogP) is 3.71. The van der Waals surface area contributed by atoms with Crippen LogP contribution in [0.5, 0.6) is 0 Å². The molecule has 2 aromatic rings. The van der Waals surface area contributed by atoms with Crippen LogP contribution >= 0.6 is 39.1 Å². The Morgan fingerprint density at radius 3 is 2.57 bits per heavy atom. The summed E-state index contributed by atoms with van der Waals surface area (Å²) in [5, 5.41) is 13.0. The van der Waals surface area contributed by atoms with Crippen LogP contribution in [0, 0.1) is 10.1 Å². The fourth-order valence-electron chi connectivity index (χ4n) is 1.40. The number of nitro benzene ring substituents is 1. The molecule has 7 nitrogen and oxygen atoms in total. The highest BCUT2D eigenvalue weighted by molar-refractivity contribution is 9.10. The molecule has 0 bridgehead atoms. The molecule has 0 unspecified atom stereocenters. The summed E-state index contributed by atoms with van der Waals surface area (Å²) >= 11 is 14.6. The minimum absolute atomic E-state index is 0.0131. The third-order valence-corrected chi connectivity index (χ3v) is 3.53. The summed E-state index contributed by atoms with van der Waals surface area (Å²) in [5.41, 5.74) is -0.461. The number of carbonyl (C=O) groups excluding carboxylic acids is 1. The lowest BCUT2D eigenvalue weighted by atomic mass is 10.2. The maximum Gasteiger partial charge on any atom is 0.290 e. The lowest BCUT2D eigenvalue weighted by molar-refractivity contribution is -0.384. The topological polar surface area (TPSA) is 98.0 Å². The minimum Gasteiger partial charge on any atom is -0.305 e. The standard InChI is InChI=1S/C11H5BrCl2N4O3/c12-8-3-16-9(4-15-8)17-11(19)5-1-6(13)10(14)7(2-5)18(20)21/h1-4H,(H,16,17,19). The number of nitrogens with one attached hydrogen (secondary N) is 1. The predicted molar refractivity (Wildman–Crippen MR) is 80.8 cm³/mol. The highest BCUT2D eigenvalue weighted by atomic mass is 79.9. The third-order valence-electron chi connectivity index (χ3n) is 2.33. The average molecular weight is 392 g/mol. The van der Waals surface area contributed by atoms with E-state index in [2.05, 4.69) is 31.2 Å². The molecule has 21 heavy (non-hydrogen) atoms. The van der Waals surface area contributed by atoms with Gasteiger partial charge in [-0.3, -0.25) is 14.9 Å². The van der Waals surface area contributed by atoms with Gasteiger partial charge in [-0.25, -0.2) is 9.97 Å². The van der Waals surface area contributed by atoms with Crippen LogP contribution in [0.2, 0.25) is 10.0 Å². The Morgan fingerprint density at radius 2 is 2.00 bits per heavy atom. The van der Waals surface area contributed by atoms with Crippen molar-refractivity contribution in [2.75, 3.05) is 5.32 Å².